The fraction of sp³-hybridized carbons (Fsp3) is 0.200. The molecule has 0 heterocycles. The molecule has 0 aliphatic heterocycles. The highest BCUT2D eigenvalue weighted by molar-refractivity contribution is 6.33. The van der Waals surface area contributed by atoms with Gasteiger partial charge in [0.2, 0.25) is 0 Å². The number of rotatable bonds is 3. The van der Waals surface area contributed by atoms with Crippen molar-refractivity contribution in [2.24, 2.45) is 0 Å². The van der Waals surface area contributed by atoms with E-state index in [1.165, 1.54) is 25.1 Å². The van der Waals surface area contributed by atoms with Gasteiger partial charge < -0.3 is 16.2 Å². The summed E-state index contributed by atoms with van der Waals surface area (Å²) in [5.74, 6) is -1.60. The van der Waals surface area contributed by atoms with E-state index in [0.717, 1.165) is 0 Å². The fourth-order valence-corrected chi connectivity index (χ4v) is 1.19. The molecule has 0 unspecified atom stereocenters. The number of hydrogen-bond donors (Lipinski definition) is 3. The number of halogens is 1. The molecule has 1 aromatic rings. The van der Waals surface area contributed by atoms with Crippen molar-refractivity contribution in [3.63, 3.8) is 0 Å². The van der Waals surface area contributed by atoms with E-state index in [1.54, 1.807) is 0 Å². The maximum Gasteiger partial charge on any atom is 0.325 e. The van der Waals surface area contributed by atoms with Crippen LogP contribution in [0.5, 0.6) is 0 Å². The Labute approximate surface area is 97.2 Å². The van der Waals surface area contributed by atoms with Crippen LogP contribution in [0, 0.1) is 0 Å². The van der Waals surface area contributed by atoms with Gasteiger partial charge in [0.25, 0.3) is 5.91 Å². The third kappa shape index (κ3) is 2.87. The van der Waals surface area contributed by atoms with Gasteiger partial charge >= 0.3 is 5.97 Å². The highest BCUT2D eigenvalue weighted by atomic mass is 35.5. The minimum absolute atomic E-state index is 0.260. The second kappa shape index (κ2) is 4.85. The van der Waals surface area contributed by atoms with Gasteiger partial charge in [-0.2, -0.15) is 0 Å². The van der Waals surface area contributed by atoms with Crippen molar-refractivity contribution in [3.05, 3.63) is 28.8 Å². The maximum atomic E-state index is 11.5. The molecule has 0 aliphatic rings. The van der Waals surface area contributed by atoms with E-state index in [1.807, 2.05) is 0 Å². The molecule has 5 nitrogen and oxygen atoms in total. The molecule has 0 bridgehead atoms. The zero-order chi connectivity index (χ0) is 12.3. The van der Waals surface area contributed by atoms with E-state index in [9.17, 15) is 9.59 Å². The molecule has 0 spiro atoms. The Hall–Kier alpha value is -1.75. The number of carbonyl (C=O) groups is 2. The van der Waals surface area contributed by atoms with Crippen molar-refractivity contribution >= 4 is 29.2 Å². The third-order valence-corrected chi connectivity index (χ3v) is 2.31. The van der Waals surface area contributed by atoms with Gasteiger partial charge in [-0.3, -0.25) is 9.59 Å². The SMILES string of the molecule is C[C@@H](NC(=O)c1ccc(N)c(Cl)c1)C(=O)O. The highest BCUT2D eigenvalue weighted by Gasteiger charge is 2.15. The summed E-state index contributed by atoms with van der Waals surface area (Å²) in [6.07, 6.45) is 0. The van der Waals surface area contributed by atoms with E-state index < -0.39 is 17.9 Å². The molecule has 1 atom stereocenters. The van der Waals surface area contributed by atoms with Crippen LogP contribution in [0.25, 0.3) is 0 Å². The number of aliphatic carboxylic acids is 1. The first kappa shape index (κ1) is 12.3. The van der Waals surface area contributed by atoms with Crippen LogP contribution in [0.2, 0.25) is 5.02 Å². The summed E-state index contributed by atoms with van der Waals surface area (Å²) in [7, 11) is 0. The number of nitrogens with two attached hydrogens (primary N) is 1. The van der Waals surface area contributed by atoms with Gasteiger partial charge in [0, 0.05) is 5.56 Å². The van der Waals surface area contributed by atoms with Gasteiger partial charge in [-0.25, -0.2) is 0 Å². The predicted octanol–water partition coefficient (Wildman–Crippen LogP) is 1.13. The van der Waals surface area contributed by atoms with Crippen molar-refractivity contribution in [3.8, 4) is 0 Å². The summed E-state index contributed by atoms with van der Waals surface area (Å²) in [5.41, 5.74) is 6.12. The topological polar surface area (TPSA) is 92.4 Å². The molecule has 86 valence electrons. The first-order valence-corrected chi connectivity index (χ1v) is 4.88. The maximum absolute atomic E-state index is 11.5. The summed E-state index contributed by atoms with van der Waals surface area (Å²) in [6, 6.07) is 3.40. The largest absolute Gasteiger partial charge is 0.480 e. The predicted molar refractivity (Wildman–Crippen MR) is 60.4 cm³/mol. The number of benzene rings is 1. The average molecular weight is 243 g/mol. The smallest absolute Gasteiger partial charge is 0.325 e. The minimum Gasteiger partial charge on any atom is -0.480 e. The zero-order valence-corrected chi connectivity index (χ0v) is 9.28. The van der Waals surface area contributed by atoms with Gasteiger partial charge in [0.1, 0.15) is 6.04 Å². The third-order valence-electron chi connectivity index (χ3n) is 1.98. The lowest BCUT2D eigenvalue weighted by molar-refractivity contribution is -0.138. The van der Waals surface area contributed by atoms with E-state index in [2.05, 4.69) is 5.32 Å². The van der Waals surface area contributed by atoms with Crippen molar-refractivity contribution in [1.82, 2.24) is 5.32 Å². The van der Waals surface area contributed by atoms with Crippen LogP contribution in [-0.4, -0.2) is 23.0 Å². The molecule has 16 heavy (non-hydrogen) atoms. The molecule has 1 amide bonds. The summed E-state index contributed by atoms with van der Waals surface area (Å²) >= 11 is 5.74. The zero-order valence-electron chi connectivity index (χ0n) is 8.53. The number of amides is 1. The Morgan fingerprint density at radius 2 is 2.12 bits per heavy atom. The molecule has 1 aromatic carbocycles. The number of carboxylic acids is 1. The van der Waals surface area contributed by atoms with Crippen LogP contribution >= 0.6 is 11.6 Å². The first-order valence-electron chi connectivity index (χ1n) is 4.50. The lowest BCUT2D eigenvalue weighted by Gasteiger charge is -2.09. The highest BCUT2D eigenvalue weighted by Crippen LogP contribution is 2.19. The van der Waals surface area contributed by atoms with Crippen molar-refractivity contribution in [2.75, 3.05) is 5.73 Å². The monoisotopic (exact) mass is 242 g/mol. The van der Waals surface area contributed by atoms with Gasteiger partial charge in [-0.15, -0.1) is 0 Å². The van der Waals surface area contributed by atoms with Crippen LogP contribution in [0.3, 0.4) is 0 Å². The molecule has 0 radical (unpaired) electrons. The van der Waals surface area contributed by atoms with Gasteiger partial charge in [-0.05, 0) is 25.1 Å². The number of anilines is 1. The molecule has 6 heteroatoms. The fourth-order valence-electron chi connectivity index (χ4n) is 1.01. The normalized spacial score (nSPS) is 11.9. The second-order valence-electron chi connectivity index (χ2n) is 3.27. The number of carbonyl (C=O) groups excluding carboxylic acids is 1. The van der Waals surface area contributed by atoms with Crippen molar-refractivity contribution in [2.45, 2.75) is 13.0 Å². The summed E-state index contributed by atoms with van der Waals surface area (Å²) in [6.45, 7) is 1.37. The van der Waals surface area contributed by atoms with E-state index >= 15 is 0 Å². The van der Waals surface area contributed by atoms with Gasteiger partial charge in [0.05, 0.1) is 10.7 Å². The number of hydrogen-bond acceptors (Lipinski definition) is 3. The second-order valence-corrected chi connectivity index (χ2v) is 3.68. The number of carboxylic acid groups (broad SMARTS) is 1. The Morgan fingerprint density at radius 3 is 2.62 bits per heavy atom. The molecule has 4 N–H and O–H groups in total. The molecule has 1 rings (SSSR count). The molecular formula is C10H11ClN2O3. The van der Waals surface area contributed by atoms with Gasteiger partial charge in [-0.1, -0.05) is 11.6 Å². The summed E-state index contributed by atoms with van der Waals surface area (Å²) in [5, 5.41) is 11.2. The van der Waals surface area contributed by atoms with E-state index in [-0.39, 0.29) is 10.6 Å². The number of nitrogen functional groups attached to an aromatic ring is 1. The van der Waals surface area contributed by atoms with Crippen LogP contribution in [-0.2, 0) is 4.79 Å². The first-order chi connectivity index (χ1) is 7.41. The van der Waals surface area contributed by atoms with Crippen LogP contribution in [0.4, 0.5) is 5.69 Å². The molecular weight excluding hydrogens is 232 g/mol. The van der Waals surface area contributed by atoms with Crippen LogP contribution in [0.1, 0.15) is 17.3 Å². The Balaban J connectivity index is 2.81. The van der Waals surface area contributed by atoms with Gasteiger partial charge in [0.15, 0.2) is 0 Å². The van der Waals surface area contributed by atoms with E-state index in [0.29, 0.717) is 5.69 Å². The lowest BCUT2D eigenvalue weighted by atomic mass is 10.2. The molecule has 0 saturated heterocycles. The summed E-state index contributed by atoms with van der Waals surface area (Å²) in [4.78, 5) is 22.1. The standard InChI is InChI=1S/C10H11ClN2O3/c1-5(10(15)16)13-9(14)6-2-3-8(12)7(11)4-6/h2-5H,12H2,1H3,(H,13,14)(H,15,16)/t5-/m1/s1. The van der Waals surface area contributed by atoms with E-state index in [4.69, 9.17) is 22.4 Å². The molecule has 0 fully saturated rings. The van der Waals surface area contributed by atoms with Crippen molar-refractivity contribution in [1.29, 1.82) is 0 Å². The Morgan fingerprint density at radius 1 is 1.50 bits per heavy atom. The molecule has 0 aromatic heterocycles. The van der Waals surface area contributed by atoms with Crippen LogP contribution in [0.15, 0.2) is 18.2 Å². The van der Waals surface area contributed by atoms with Crippen LogP contribution < -0.4 is 11.1 Å². The molecule has 0 saturated carbocycles. The van der Waals surface area contributed by atoms with Crippen molar-refractivity contribution < 1.29 is 14.7 Å². The summed E-state index contributed by atoms with van der Waals surface area (Å²) < 4.78 is 0. The Kier molecular flexibility index (Phi) is 3.73. The minimum atomic E-state index is -1.10. The molecule has 0 aliphatic carbocycles. The number of nitrogens with one attached hydrogen (secondary N) is 1. The average Bonchev–Trinajstić information content (AvgIpc) is 2.21. The lowest BCUT2D eigenvalue weighted by Crippen LogP contribution is -2.38. The quantitative estimate of drug-likeness (QED) is 0.693. The Bertz CT molecular complexity index is 434.